The maximum absolute atomic E-state index is 10.8. The Morgan fingerprint density at radius 3 is 2.61 bits per heavy atom. The van der Waals surface area contributed by atoms with Gasteiger partial charge in [-0.05, 0) is 19.1 Å². The lowest BCUT2D eigenvalue weighted by molar-refractivity contribution is 0.0686. The Morgan fingerprint density at radius 2 is 2.06 bits per heavy atom. The SMILES string of the molecule is Cc1ccc(N(C)C)c(-c2cc(C(=O)O)no2)c1. The molecule has 1 heterocycles. The van der Waals surface area contributed by atoms with Gasteiger partial charge in [-0.3, -0.25) is 0 Å². The van der Waals surface area contributed by atoms with Gasteiger partial charge in [0, 0.05) is 31.4 Å². The van der Waals surface area contributed by atoms with Gasteiger partial charge in [-0.2, -0.15) is 0 Å². The Kier molecular flexibility index (Phi) is 3.06. The number of hydrogen-bond acceptors (Lipinski definition) is 4. The molecule has 2 aromatic rings. The number of carboxylic acid groups (broad SMARTS) is 1. The minimum atomic E-state index is -1.09. The number of anilines is 1. The van der Waals surface area contributed by atoms with E-state index in [-0.39, 0.29) is 5.69 Å². The third kappa shape index (κ3) is 2.20. The average molecular weight is 246 g/mol. The van der Waals surface area contributed by atoms with Gasteiger partial charge in [0.15, 0.2) is 11.5 Å². The van der Waals surface area contributed by atoms with Crippen molar-refractivity contribution in [3.8, 4) is 11.3 Å². The summed E-state index contributed by atoms with van der Waals surface area (Å²) in [6, 6.07) is 7.34. The lowest BCUT2D eigenvalue weighted by Gasteiger charge is -2.16. The summed E-state index contributed by atoms with van der Waals surface area (Å²) in [5, 5.41) is 12.4. The molecule has 5 nitrogen and oxygen atoms in total. The van der Waals surface area contributed by atoms with Crippen LogP contribution in [0, 0.1) is 6.92 Å². The number of aryl methyl sites for hydroxylation is 1. The lowest BCUT2D eigenvalue weighted by atomic mass is 10.1. The van der Waals surface area contributed by atoms with Crippen LogP contribution in [0.3, 0.4) is 0 Å². The van der Waals surface area contributed by atoms with E-state index in [0.29, 0.717) is 5.76 Å². The van der Waals surface area contributed by atoms with Crippen molar-refractivity contribution in [2.75, 3.05) is 19.0 Å². The first-order valence-electron chi connectivity index (χ1n) is 5.47. The molecule has 0 unspecified atom stereocenters. The van der Waals surface area contributed by atoms with Crippen molar-refractivity contribution < 1.29 is 14.4 Å². The molecule has 0 spiro atoms. The van der Waals surface area contributed by atoms with Gasteiger partial charge in [-0.15, -0.1) is 0 Å². The first-order chi connectivity index (χ1) is 8.49. The molecule has 0 aliphatic carbocycles. The highest BCUT2D eigenvalue weighted by Gasteiger charge is 2.15. The maximum atomic E-state index is 10.8. The van der Waals surface area contributed by atoms with Crippen molar-refractivity contribution in [2.24, 2.45) is 0 Å². The Morgan fingerprint density at radius 1 is 1.33 bits per heavy atom. The van der Waals surface area contributed by atoms with E-state index in [1.165, 1.54) is 6.07 Å². The van der Waals surface area contributed by atoms with Crippen LogP contribution in [0.15, 0.2) is 28.8 Å². The summed E-state index contributed by atoms with van der Waals surface area (Å²) in [7, 11) is 3.84. The lowest BCUT2D eigenvalue weighted by Crippen LogP contribution is -2.09. The molecule has 0 radical (unpaired) electrons. The van der Waals surface area contributed by atoms with E-state index in [1.54, 1.807) is 0 Å². The van der Waals surface area contributed by atoms with Gasteiger partial charge < -0.3 is 14.5 Å². The van der Waals surface area contributed by atoms with Gasteiger partial charge in [0.2, 0.25) is 0 Å². The van der Waals surface area contributed by atoms with Crippen LogP contribution in [0.25, 0.3) is 11.3 Å². The molecule has 0 aliphatic heterocycles. The minimum Gasteiger partial charge on any atom is -0.476 e. The van der Waals surface area contributed by atoms with Gasteiger partial charge in [-0.25, -0.2) is 4.79 Å². The van der Waals surface area contributed by atoms with Crippen molar-refractivity contribution in [1.29, 1.82) is 0 Å². The van der Waals surface area contributed by atoms with Crippen molar-refractivity contribution in [3.63, 3.8) is 0 Å². The summed E-state index contributed by atoms with van der Waals surface area (Å²) in [6.07, 6.45) is 0. The van der Waals surface area contributed by atoms with Crippen molar-refractivity contribution in [3.05, 3.63) is 35.5 Å². The summed E-state index contributed by atoms with van der Waals surface area (Å²) in [5.74, 6) is -0.635. The highest BCUT2D eigenvalue weighted by molar-refractivity contribution is 5.87. The predicted octanol–water partition coefficient (Wildman–Crippen LogP) is 2.41. The highest BCUT2D eigenvalue weighted by Crippen LogP contribution is 2.31. The summed E-state index contributed by atoms with van der Waals surface area (Å²) in [6.45, 7) is 1.97. The number of rotatable bonds is 3. The molecule has 0 amide bonds. The fourth-order valence-electron chi connectivity index (χ4n) is 1.74. The van der Waals surface area contributed by atoms with E-state index >= 15 is 0 Å². The topological polar surface area (TPSA) is 66.6 Å². The smallest absolute Gasteiger partial charge is 0.358 e. The van der Waals surface area contributed by atoms with Gasteiger partial charge in [0.1, 0.15) is 0 Å². The van der Waals surface area contributed by atoms with Crippen molar-refractivity contribution >= 4 is 11.7 Å². The van der Waals surface area contributed by atoms with Gasteiger partial charge in [0.25, 0.3) is 0 Å². The summed E-state index contributed by atoms with van der Waals surface area (Å²) >= 11 is 0. The van der Waals surface area contributed by atoms with Crippen LogP contribution in [0.5, 0.6) is 0 Å². The highest BCUT2D eigenvalue weighted by atomic mass is 16.5. The molecule has 0 saturated carbocycles. The number of aromatic nitrogens is 1. The number of aromatic carboxylic acids is 1. The fourth-order valence-corrected chi connectivity index (χ4v) is 1.74. The van der Waals surface area contributed by atoms with Crippen molar-refractivity contribution in [1.82, 2.24) is 5.16 Å². The van der Waals surface area contributed by atoms with E-state index in [1.807, 2.05) is 44.1 Å². The number of hydrogen-bond donors (Lipinski definition) is 1. The van der Waals surface area contributed by atoms with Gasteiger partial charge in [-0.1, -0.05) is 16.8 Å². The Labute approximate surface area is 105 Å². The summed E-state index contributed by atoms with van der Waals surface area (Å²) < 4.78 is 5.10. The first kappa shape index (κ1) is 12.2. The normalized spacial score (nSPS) is 10.4. The second-order valence-electron chi connectivity index (χ2n) is 4.30. The predicted molar refractivity (Wildman–Crippen MR) is 68.0 cm³/mol. The molecule has 1 N–H and O–H groups in total. The third-order valence-electron chi connectivity index (χ3n) is 2.63. The fraction of sp³-hybridized carbons (Fsp3) is 0.231. The zero-order valence-electron chi connectivity index (χ0n) is 10.5. The molecule has 0 fully saturated rings. The Hall–Kier alpha value is -2.30. The van der Waals surface area contributed by atoms with Crippen LogP contribution < -0.4 is 4.90 Å². The monoisotopic (exact) mass is 246 g/mol. The van der Waals surface area contributed by atoms with Crippen LogP contribution in [-0.4, -0.2) is 30.3 Å². The van der Waals surface area contributed by atoms with Gasteiger partial charge in [0.05, 0.1) is 0 Å². The number of nitrogens with zero attached hydrogens (tertiary/aromatic N) is 2. The quantitative estimate of drug-likeness (QED) is 0.900. The first-order valence-corrected chi connectivity index (χ1v) is 5.47. The average Bonchev–Trinajstić information content (AvgIpc) is 2.77. The summed E-state index contributed by atoms with van der Waals surface area (Å²) in [4.78, 5) is 12.7. The minimum absolute atomic E-state index is 0.0868. The Bertz CT molecular complexity index is 588. The molecule has 2 rings (SSSR count). The van der Waals surface area contributed by atoms with E-state index in [2.05, 4.69) is 5.16 Å². The molecular formula is C13H14N2O3. The van der Waals surface area contributed by atoms with E-state index in [9.17, 15) is 4.79 Å². The number of benzene rings is 1. The van der Waals surface area contributed by atoms with Crippen LogP contribution in [0.4, 0.5) is 5.69 Å². The standard InChI is InChI=1S/C13H14N2O3/c1-8-4-5-11(15(2)3)9(6-8)12-7-10(13(16)17)14-18-12/h4-7H,1-3H3,(H,16,17). The van der Waals surface area contributed by atoms with E-state index in [0.717, 1.165) is 16.8 Å². The molecule has 0 bridgehead atoms. The second-order valence-corrected chi connectivity index (χ2v) is 4.30. The molecule has 18 heavy (non-hydrogen) atoms. The second kappa shape index (κ2) is 4.52. The van der Waals surface area contributed by atoms with Gasteiger partial charge >= 0.3 is 5.97 Å². The van der Waals surface area contributed by atoms with E-state index in [4.69, 9.17) is 9.63 Å². The van der Waals surface area contributed by atoms with Crippen LogP contribution >= 0.6 is 0 Å². The zero-order valence-corrected chi connectivity index (χ0v) is 10.5. The number of carboxylic acids is 1. The largest absolute Gasteiger partial charge is 0.476 e. The third-order valence-corrected chi connectivity index (χ3v) is 2.63. The zero-order chi connectivity index (χ0) is 13.3. The van der Waals surface area contributed by atoms with Crippen molar-refractivity contribution in [2.45, 2.75) is 6.92 Å². The Balaban J connectivity index is 2.54. The molecule has 5 heteroatoms. The molecule has 94 valence electrons. The van der Waals surface area contributed by atoms with E-state index < -0.39 is 5.97 Å². The van der Waals surface area contributed by atoms with Crippen LogP contribution in [0.2, 0.25) is 0 Å². The van der Waals surface area contributed by atoms with Crippen LogP contribution in [0.1, 0.15) is 16.1 Å². The molecule has 1 aromatic heterocycles. The molecular weight excluding hydrogens is 232 g/mol. The molecule has 1 aromatic carbocycles. The van der Waals surface area contributed by atoms with Crippen LogP contribution in [-0.2, 0) is 0 Å². The molecule has 0 saturated heterocycles. The maximum Gasteiger partial charge on any atom is 0.358 e. The summed E-state index contributed by atoms with van der Waals surface area (Å²) in [5.41, 5.74) is 2.77. The molecule has 0 atom stereocenters. The molecule has 0 aliphatic rings. The number of carbonyl (C=O) groups is 1.